The number of halogens is 1. The number of hydrogen-bond donors (Lipinski definition) is 2. The Morgan fingerprint density at radius 1 is 1.22 bits per heavy atom. The second kappa shape index (κ2) is 9.10. The van der Waals surface area contributed by atoms with Crippen molar-refractivity contribution in [1.29, 1.82) is 0 Å². The van der Waals surface area contributed by atoms with Crippen LogP contribution in [0.5, 0.6) is 0 Å². The molecule has 122 valence electrons. The zero-order valence-electron chi connectivity index (χ0n) is 13.2. The number of carbonyl (C=O) groups excluding carboxylic acids is 1. The molecule has 1 aromatic carbocycles. The first kappa shape index (κ1) is 17.2. The standard InChI is InChI=1S/C17H21ClN4O/c1-2-3-8-20-17(23)15-11-22-16(12-21-15)19-9-7-13-5-4-6-14(18)10-13/h4-6,10-12H,2-3,7-9H2,1H3,(H,19,22)(H,20,23). The Bertz CT molecular complexity index is 631. The molecule has 0 bridgehead atoms. The third kappa shape index (κ3) is 5.87. The molecule has 0 saturated heterocycles. The largest absolute Gasteiger partial charge is 0.368 e. The van der Waals surface area contributed by atoms with Gasteiger partial charge in [-0.05, 0) is 30.5 Å². The summed E-state index contributed by atoms with van der Waals surface area (Å²) >= 11 is 5.95. The van der Waals surface area contributed by atoms with E-state index >= 15 is 0 Å². The van der Waals surface area contributed by atoms with Gasteiger partial charge in [0.1, 0.15) is 11.5 Å². The highest BCUT2D eigenvalue weighted by molar-refractivity contribution is 6.30. The van der Waals surface area contributed by atoms with Gasteiger partial charge in [-0.25, -0.2) is 9.97 Å². The lowest BCUT2D eigenvalue weighted by atomic mass is 10.1. The van der Waals surface area contributed by atoms with Gasteiger partial charge in [-0.15, -0.1) is 0 Å². The van der Waals surface area contributed by atoms with Crippen LogP contribution in [-0.2, 0) is 6.42 Å². The second-order valence-corrected chi connectivity index (χ2v) is 5.64. The van der Waals surface area contributed by atoms with E-state index in [1.807, 2.05) is 24.3 Å². The van der Waals surface area contributed by atoms with Crippen LogP contribution < -0.4 is 10.6 Å². The van der Waals surface area contributed by atoms with Crippen molar-refractivity contribution in [2.45, 2.75) is 26.2 Å². The summed E-state index contributed by atoms with van der Waals surface area (Å²) in [5, 5.41) is 6.73. The third-order valence-corrected chi connectivity index (χ3v) is 3.54. The number of anilines is 1. The van der Waals surface area contributed by atoms with Gasteiger partial charge < -0.3 is 10.6 Å². The summed E-state index contributed by atoms with van der Waals surface area (Å²) in [6, 6.07) is 7.76. The van der Waals surface area contributed by atoms with Gasteiger partial charge in [0, 0.05) is 18.1 Å². The first-order valence-electron chi connectivity index (χ1n) is 7.77. The monoisotopic (exact) mass is 332 g/mol. The van der Waals surface area contributed by atoms with E-state index < -0.39 is 0 Å². The Hall–Kier alpha value is -2.14. The molecule has 2 aromatic rings. The van der Waals surface area contributed by atoms with Gasteiger partial charge in [-0.1, -0.05) is 37.1 Å². The van der Waals surface area contributed by atoms with Gasteiger partial charge in [0.05, 0.1) is 12.4 Å². The van der Waals surface area contributed by atoms with E-state index in [4.69, 9.17) is 11.6 Å². The number of hydrogen-bond acceptors (Lipinski definition) is 4. The van der Waals surface area contributed by atoms with E-state index in [0.717, 1.165) is 36.4 Å². The van der Waals surface area contributed by atoms with Crippen molar-refractivity contribution < 1.29 is 4.79 Å². The van der Waals surface area contributed by atoms with Crippen molar-refractivity contribution in [3.05, 3.63) is 52.9 Å². The number of aromatic nitrogens is 2. The number of amides is 1. The smallest absolute Gasteiger partial charge is 0.271 e. The van der Waals surface area contributed by atoms with Crippen molar-refractivity contribution in [2.24, 2.45) is 0 Å². The van der Waals surface area contributed by atoms with Crippen LogP contribution in [0.2, 0.25) is 5.02 Å². The normalized spacial score (nSPS) is 10.3. The highest BCUT2D eigenvalue weighted by Gasteiger charge is 2.06. The maximum Gasteiger partial charge on any atom is 0.271 e. The summed E-state index contributed by atoms with van der Waals surface area (Å²) < 4.78 is 0. The number of benzene rings is 1. The molecule has 0 radical (unpaired) electrons. The summed E-state index contributed by atoms with van der Waals surface area (Å²) in [5.41, 5.74) is 1.49. The molecule has 0 atom stereocenters. The zero-order chi connectivity index (χ0) is 16.5. The Morgan fingerprint density at radius 3 is 2.78 bits per heavy atom. The molecule has 1 heterocycles. The molecular formula is C17H21ClN4O. The minimum atomic E-state index is -0.184. The molecule has 0 saturated carbocycles. The van der Waals surface area contributed by atoms with Crippen LogP contribution in [0.15, 0.2) is 36.7 Å². The van der Waals surface area contributed by atoms with E-state index in [0.29, 0.717) is 18.1 Å². The van der Waals surface area contributed by atoms with Gasteiger partial charge in [0.2, 0.25) is 0 Å². The molecule has 0 spiro atoms. The van der Waals surface area contributed by atoms with Gasteiger partial charge >= 0.3 is 0 Å². The molecule has 5 nitrogen and oxygen atoms in total. The molecule has 0 aliphatic carbocycles. The molecule has 0 unspecified atom stereocenters. The van der Waals surface area contributed by atoms with Crippen LogP contribution in [0.25, 0.3) is 0 Å². The van der Waals surface area contributed by atoms with Crippen LogP contribution in [-0.4, -0.2) is 29.0 Å². The minimum Gasteiger partial charge on any atom is -0.368 e. The molecule has 2 N–H and O–H groups in total. The lowest BCUT2D eigenvalue weighted by Crippen LogP contribution is -2.25. The Kier molecular flexibility index (Phi) is 6.81. The average molecular weight is 333 g/mol. The van der Waals surface area contributed by atoms with Crippen molar-refractivity contribution in [3.8, 4) is 0 Å². The van der Waals surface area contributed by atoms with Crippen molar-refractivity contribution in [3.63, 3.8) is 0 Å². The average Bonchev–Trinajstić information content (AvgIpc) is 2.56. The van der Waals surface area contributed by atoms with E-state index in [-0.39, 0.29) is 5.91 Å². The van der Waals surface area contributed by atoms with Crippen molar-refractivity contribution >= 4 is 23.3 Å². The fourth-order valence-electron chi connectivity index (χ4n) is 2.03. The van der Waals surface area contributed by atoms with Crippen LogP contribution in [0.1, 0.15) is 35.8 Å². The zero-order valence-corrected chi connectivity index (χ0v) is 13.9. The highest BCUT2D eigenvalue weighted by Crippen LogP contribution is 2.11. The maximum absolute atomic E-state index is 11.8. The lowest BCUT2D eigenvalue weighted by molar-refractivity contribution is 0.0948. The van der Waals surface area contributed by atoms with E-state index in [9.17, 15) is 4.79 Å². The van der Waals surface area contributed by atoms with Gasteiger partial charge in [-0.3, -0.25) is 4.79 Å². The molecule has 6 heteroatoms. The maximum atomic E-state index is 11.8. The van der Waals surface area contributed by atoms with Gasteiger partial charge in [0.25, 0.3) is 5.91 Å². The minimum absolute atomic E-state index is 0.184. The Labute approximate surface area is 141 Å². The van der Waals surface area contributed by atoms with Crippen LogP contribution in [0, 0.1) is 0 Å². The van der Waals surface area contributed by atoms with E-state index in [2.05, 4.69) is 27.5 Å². The third-order valence-electron chi connectivity index (χ3n) is 3.31. The SMILES string of the molecule is CCCCNC(=O)c1cnc(NCCc2cccc(Cl)c2)cn1. The highest BCUT2D eigenvalue weighted by atomic mass is 35.5. The summed E-state index contributed by atoms with van der Waals surface area (Å²) in [7, 11) is 0. The van der Waals surface area contributed by atoms with Crippen molar-refractivity contribution in [2.75, 3.05) is 18.4 Å². The number of nitrogens with one attached hydrogen (secondary N) is 2. The first-order chi connectivity index (χ1) is 11.2. The molecule has 2 rings (SSSR count). The quantitative estimate of drug-likeness (QED) is 0.728. The van der Waals surface area contributed by atoms with E-state index in [1.54, 1.807) is 6.20 Å². The van der Waals surface area contributed by atoms with Crippen LogP contribution in [0.4, 0.5) is 5.82 Å². The molecule has 1 amide bonds. The summed E-state index contributed by atoms with van der Waals surface area (Å²) in [6.07, 6.45) is 5.90. The molecule has 23 heavy (non-hydrogen) atoms. The summed E-state index contributed by atoms with van der Waals surface area (Å²) in [6.45, 7) is 3.46. The topological polar surface area (TPSA) is 66.9 Å². The second-order valence-electron chi connectivity index (χ2n) is 5.20. The fraction of sp³-hybridized carbons (Fsp3) is 0.353. The molecule has 0 aliphatic heterocycles. The first-order valence-corrected chi connectivity index (χ1v) is 8.15. The van der Waals surface area contributed by atoms with E-state index in [1.165, 1.54) is 6.20 Å². The molecular weight excluding hydrogens is 312 g/mol. The predicted molar refractivity (Wildman–Crippen MR) is 92.9 cm³/mol. The Balaban J connectivity index is 1.79. The molecule has 0 aliphatic rings. The molecule has 0 fully saturated rings. The number of carbonyl (C=O) groups is 1. The number of rotatable bonds is 8. The summed E-state index contributed by atoms with van der Waals surface area (Å²) in [4.78, 5) is 20.2. The predicted octanol–water partition coefficient (Wildman–Crippen LogP) is 3.31. The lowest BCUT2D eigenvalue weighted by Gasteiger charge is -2.07. The fourth-order valence-corrected chi connectivity index (χ4v) is 2.25. The van der Waals surface area contributed by atoms with Gasteiger partial charge in [0.15, 0.2) is 0 Å². The molecule has 1 aromatic heterocycles. The van der Waals surface area contributed by atoms with Crippen LogP contribution in [0.3, 0.4) is 0 Å². The number of nitrogens with zero attached hydrogens (tertiary/aromatic N) is 2. The van der Waals surface area contributed by atoms with Crippen LogP contribution >= 0.6 is 11.6 Å². The Morgan fingerprint density at radius 2 is 2.09 bits per heavy atom. The number of unbranched alkanes of at least 4 members (excludes halogenated alkanes) is 1. The summed E-state index contributed by atoms with van der Waals surface area (Å²) in [5.74, 6) is 0.466. The van der Waals surface area contributed by atoms with Crippen molar-refractivity contribution in [1.82, 2.24) is 15.3 Å². The van der Waals surface area contributed by atoms with Gasteiger partial charge in [-0.2, -0.15) is 0 Å².